The highest BCUT2D eigenvalue weighted by Gasteiger charge is 2.52. The molecule has 21 heavy (non-hydrogen) atoms. The molecule has 0 radical (unpaired) electrons. The van der Waals surface area contributed by atoms with Crippen LogP contribution in [0.25, 0.3) is 6.08 Å². The van der Waals surface area contributed by atoms with Crippen LogP contribution in [0.15, 0.2) is 28.1 Å². The van der Waals surface area contributed by atoms with Crippen molar-refractivity contribution in [1.82, 2.24) is 0 Å². The molecule has 0 spiro atoms. The predicted molar refractivity (Wildman–Crippen MR) is 92.0 cm³/mol. The minimum absolute atomic E-state index is 0.289. The smallest absolute Gasteiger partial charge is 0.400 e. The third-order valence-electron chi connectivity index (χ3n) is 3.98. The summed E-state index contributed by atoms with van der Waals surface area (Å²) in [4.78, 5) is 0. The van der Waals surface area contributed by atoms with E-state index in [-0.39, 0.29) is 5.82 Å². The van der Waals surface area contributed by atoms with Crippen molar-refractivity contribution in [2.75, 3.05) is 5.75 Å². The van der Waals surface area contributed by atoms with E-state index in [4.69, 9.17) is 9.31 Å². The van der Waals surface area contributed by atoms with E-state index < -0.39 is 18.3 Å². The van der Waals surface area contributed by atoms with Crippen molar-refractivity contribution in [2.45, 2.75) is 38.9 Å². The van der Waals surface area contributed by atoms with Gasteiger partial charge in [0.1, 0.15) is 5.82 Å². The van der Waals surface area contributed by atoms with Gasteiger partial charge in [-0.3, -0.25) is 0 Å². The first-order valence-electron chi connectivity index (χ1n) is 6.78. The maximum Gasteiger partial charge on any atom is 0.491 e. The van der Waals surface area contributed by atoms with Crippen molar-refractivity contribution >= 4 is 41.8 Å². The zero-order valence-electron chi connectivity index (χ0n) is 12.6. The highest BCUT2D eigenvalue weighted by Crippen LogP contribution is 2.39. The molecule has 0 unspecified atom stereocenters. The second-order valence-corrected chi connectivity index (χ2v) is 7.40. The molecule has 0 N–H and O–H groups in total. The molecule has 0 atom stereocenters. The highest BCUT2D eigenvalue weighted by molar-refractivity contribution is 9.10. The van der Waals surface area contributed by atoms with Gasteiger partial charge in [0, 0.05) is 10.2 Å². The van der Waals surface area contributed by atoms with E-state index in [2.05, 4.69) is 28.6 Å². The average molecular weight is 373 g/mol. The van der Waals surface area contributed by atoms with Gasteiger partial charge in [-0.05, 0) is 56.9 Å². The molecule has 2 rings (SSSR count). The molecule has 114 valence electrons. The first kappa shape index (κ1) is 17.1. The zero-order chi connectivity index (χ0) is 15.8. The van der Waals surface area contributed by atoms with E-state index in [1.807, 2.05) is 39.8 Å². The summed E-state index contributed by atoms with van der Waals surface area (Å²) in [5, 5.41) is 0. The summed E-state index contributed by atoms with van der Waals surface area (Å²) in [5.74, 6) is 0.188. The van der Waals surface area contributed by atoms with Crippen LogP contribution in [0.5, 0.6) is 0 Å². The van der Waals surface area contributed by atoms with Crippen LogP contribution >= 0.6 is 28.6 Å². The summed E-state index contributed by atoms with van der Waals surface area (Å²) < 4.78 is 26.2. The molecule has 1 aliphatic heterocycles. The maximum atomic E-state index is 13.5. The van der Waals surface area contributed by atoms with Crippen molar-refractivity contribution in [1.29, 1.82) is 0 Å². The lowest BCUT2D eigenvalue weighted by Crippen LogP contribution is -2.41. The van der Waals surface area contributed by atoms with Crippen LogP contribution in [-0.4, -0.2) is 24.1 Å². The number of hydrogen-bond acceptors (Lipinski definition) is 3. The van der Waals surface area contributed by atoms with Crippen LogP contribution < -0.4 is 0 Å². The molecule has 1 heterocycles. The third-order valence-corrected chi connectivity index (χ3v) is 4.80. The molecule has 1 aliphatic rings. The van der Waals surface area contributed by atoms with Gasteiger partial charge in [0.2, 0.25) is 0 Å². The van der Waals surface area contributed by atoms with Crippen molar-refractivity contribution in [3.8, 4) is 0 Å². The average Bonchev–Trinajstić information content (AvgIpc) is 2.54. The Morgan fingerprint density at radius 1 is 1.24 bits per heavy atom. The van der Waals surface area contributed by atoms with Crippen LogP contribution in [0.1, 0.15) is 33.3 Å². The van der Waals surface area contributed by atoms with Gasteiger partial charge in [-0.15, -0.1) is 0 Å². The Bertz CT molecular complexity index is 539. The third kappa shape index (κ3) is 3.73. The SMILES string of the molecule is CC1(C)OB(C(=Cc2cc(F)cc(Br)c2)CS)OC1(C)C. The van der Waals surface area contributed by atoms with Crippen LogP contribution in [0.4, 0.5) is 4.39 Å². The van der Waals surface area contributed by atoms with Gasteiger partial charge in [-0.1, -0.05) is 22.0 Å². The summed E-state index contributed by atoms with van der Waals surface area (Å²) in [6, 6.07) is 4.74. The Morgan fingerprint density at radius 3 is 2.29 bits per heavy atom. The second-order valence-electron chi connectivity index (χ2n) is 6.17. The van der Waals surface area contributed by atoms with Gasteiger partial charge in [-0.25, -0.2) is 4.39 Å². The fourth-order valence-corrected chi connectivity index (χ4v) is 2.78. The van der Waals surface area contributed by atoms with E-state index in [1.165, 1.54) is 12.1 Å². The van der Waals surface area contributed by atoms with E-state index in [0.717, 1.165) is 11.0 Å². The van der Waals surface area contributed by atoms with Crippen molar-refractivity contribution in [2.24, 2.45) is 0 Å². The quantitative estimate of drug-likeness (QED) is 0.620. The van der Waals surface area contributed by atoms with Gasteiger partial charge < -0.3 is 9.31 Å². The summed E-state index contributed by atoms with van der Waals surface area (Å²) in [5.41, 5.74) is 0.819. The Balaban J connectivity index is 2.30. The Labute approximate surface area is 139 Å². The molecule has 0 amide bonds. The topological polar surface area (TPSA) is 18.5 Å². The monoisotopic (exact) mass is 372 g/mol. The Hall–Kier alpha value is -0.295. The molecule has 0 aliphatic carbocycles. The van der Waals surface area contributed by atoms with Crippen LogP contribution in [0, 0.1) is 5.82 Å². The molecular weight excluding hydrogens is 354 g/mol. The molecule has 2 nitrogen and oxygen atoms in total. The Morgan fingerprint density at radius 2 is 1.81 bits per heavy atom. The van der Waals surface area contributed by atoms with Gasteiger partial charge in [0.05, 0.1) is 11.2 Å². The van der Waals surface area contributed by atoms with Gasteiger partial charge in [0.25, 0.3) is 0 Å². The minimum atomic E-state index is -0.463. The summed E-state index contributed by atoms with van der Waals surface area (Å²) in [7, 11) is -0.463. The second kappa shape index (κ2) is 6.07. The normalized spacial score (nSPS) is 20.9. The molecule has 0 aromatic heterocycles. The van der Waals surface area contributed by atoms with Gasteiger partial charge in [0.15, 0.2) is 0 Å². The van der Waals surface area contributed by atoms with Crippen LogP contribution in [0.3, 0.4) is 0 Å². The van der Waals surface area contributed by atoms with E-state index in [0.29, 0.717) is 10.2 Å². The Kier molecular flexibility index (Phi) is 4.93. The highest BCUT2D eigenvalue weighted by atomic mass is 79.9. The molecule has 6 heteroatoms. The summed E-state index contributed by atoms with van der Waals surface area (Å²) in [6.45, 7) is 8.01. The summed E-state index contributed by atoms with van der Waals surface area (Å²) in [6.07, 6.45) is 1.86. The van der Waals surface area contributed by atoms with Crippen LogP contribution in [0.2, 0.25) is 0 Å². The number of benzene rings is 1. The van der Waals surface area contributed by atoms with Gasteiger partial charge >= 0.3 is 7.12 Å². The fraction of sp³-hybridized carbons (Fsp3) is 0.467. The lowest BCUT2D eigenvalue weighted by Gasteiger charge is -2.32. The van der Waals surface area contributed by atoms with Crippen LogP contribution in [-0.2, 0) is 9.31 Å². The molecule has 1 aromatic carbocycles. The molecule has 0 bridgehead atoms. The van der Waals surface area contributed by atoms with Crippen molar-refractivity contribution in [3.05, 3.63) is 39.5 Å². The summed E-state index contributed by atoms with van der Waals surface area (Å²) >= 11 is 7.65. The molecule has 1 aromatic rings. The minimum Gasteiger partial charge on any atom is -0.400 e. The fourth-order valence-electron chi connectivity index (χ4n) is 2.06. The first-order valence-corrected chi connectivity index (χ1v) is 8.20. The predicted octanol–water partition coefficient (Wildman–Crippen LogP) is 4.53. The number of halogens is 2. The molecule has 1 saturated heterocycles. The zero-order valence-corrected chi connectivity index (χ0v) is 15.1. The molecule has 1 fully saturated rings. The number of rotatable bonds is 3. The lowest BCUT2D eigenvalue weighted by atomic mass is 9.78. The van der Waals surface area contributed by atoms with Gasteiger partial charge in [-0.2, -0.15) is 12.6 Å². The molecular formula is C15H19BBrFO2S. The van der Waals surface area contributed by atoms with E-state index in [9.17, 15) is 4.39 Å². The van der Waals surface area contributed by atoms with E-state index >= 15 is 0 Å². The van der Waals surface area contributed by atoms with Crippen molar-refractivity contribution in [3.63, 3.8) is 0 Å². The standard InChI is InChI=1S/C15H19BBrFO2S/c1-14(2)15(3,4)20-16(19-14)11(9-21)5-10-6-12(17)8-13(18)7-10/h5-8,21H,9H2,1-4H3. The maximum absolute atomic E-state index is 13.5. The molecule has 0 saturated carbocycles. The number of thiol groups is 1. The van der Waals surface area contributed by atoms with Crippen molar-refractivity contribution < 1.29 is 13.7 Å². The first-order chi connectivity index (χ1) is 9.64. The largest absolute Gasteiger partial charge is 0.491 e. The lowest BCUT2D eigenvalue weighted by molar-refractivity contribution is 0.00578. The number of hydrogen-bond donors (Lipinski definition) is 1. The van der Waals surface area contributed by atoms with E-state index in [1.54, 1.807) is 0 Å².